The summed E-state index contributed by atoms with van der Waals surface area (Å²) in [6, 6.07) is 0. The molecule has 0 spiro atoms. The van der Waals surface area contributed by atoms with Crippen LogP contribution in [0.5, 0.6) is 0 Å². The molecule has 6 nitrogen and oxygen atoms in total. The topological polar surface area (TPSA) is 71.1 Å². The lowest BCUT2D eigenvalue weighted by Gasteiger charge is -2.22. The molecule has 16 heavy (non-hydrogen) atoms. The monoisotopic (exact) mass is 234 g/mol. The quantitative estimate of drug-likeness (QED) is 0.584. The van der Waals surface area contributed by atoms with Gasteiger partial charge in [0.1, 0.15) is 0 Å². The van der Waals surface area contributed by atoms with Crippen LogP contribution in [0.15, 0.2) is 0 Å². The second kappa shape index (κ2) is 8.06. The van der Waals surface area contributed by atoms with E-state index in [9.17, 15) is 9.59 Å². The van der Waals surface area contributed by atoms with E-state index >= 15 is 0 Å². The molecular formula is C10H18O6. The Morgan fingerprint density at radius 1 is 0.812 bits per heavy atom. The van der Waals surface area contributed by atoms with Crippen LogP contribution in [0.25, 0.3) is 0 Å². The van der Waals surface area contributed by atoms with Crippen molar-refractivity contribution in [2.45, 2.75) is 25.0 Å². The highest BCUT2D eigenvalue weighted by atomic mass is 16.5. The first-order valence-electron chi connectivity index (χ1n) is 4.78. The summed E-state index contributed by atoms with van der Waals surface area (Å²) in [7, 11) is 5.46. The van der Waals surface area contributed by atoms with E-state index in [-0.39, 0.29) is 12.8 Å². The SMILES string of the molecule is COC(=O)C[C@H](OC)[C@H](CC(=O)OC)OC. The maximum absolute atomic E-state index is 11.1. The molecule has 0 aromatic heterocycles. The van der Waals surface area contributed by atoms with Gasteiger partial charge in [0.2, 0.25) is 0 Å². The van der Waals surface area contributed by atoms with Gasteiger partial charge in [-0.3, -0.25) is 9.59 Å². The molecule has 2 atom stereocenters. The lowest BCUT2D eigenvalue weighted by atomic mass is 10.1. The van der Waals surface area contributed by atoms with Gasteiger partial charge in [0.05, 0.1) is 39.3 Å². The molecule has 0 bridgehead atoms. The Bertz CT molecular complexity index is 203. The first kappa shape index (κ1) is 14.9. The van der Waals surface area contributed by atoms with Crippen LogP contribution >= 0.6 is 0 Å². The van der Waals surface area contributed by atoms with Crippen LogP contribution in [0.3, 0.4) is 0 Å². The maximum Gasteiger partial charge on any atom is 0.308 e. The smallest absolute Gasteiger partial charge is 0.308 e. The minimum atomic E-state index is -0.531. The number of carbonyl (C=O) groups is 2. The van der Waals surface area contributed by atoms with E-state index in [1.807, 2.05) is 0 Å². The van der Waals surface area contributed by atoms with E-state index in [2.05, 4.69) is 9.47 Å². The lowest BCUT2D eigenvalue weighted by molar-refractivity contribution is -0.152. The van der Waals surface area contributed by atoms with Gasteiger partial charge in [-0.1, -0.05) is 0 Å². The van der Waals surface area contributed by atoms with Crippen molar-refractivity contribution in [3.63, 3.8) is 0 Å². The summed E-state index contributed by atoms with van der Waals surface area (Å²) in [5, 5.41) is 0. The van der Waals surface area contributed by atoms with E-state index in [0.29, 0.717) is 0 Å². The molecular weight excluding hydrogens is 216 g/mol. The molecule has 0 radical (unpaired) electrons. The van der Waals surface area contributed by atoms with Crippen molar-refractivity contribution < 1.29 is 28.5 Å². The third kappa shape index (κ3) is 5.09. The van der Waals surface area contributed by atoms with Gasteiger partial charge < -0.3 is 18.9 Å². The highest BCUT2D eigenvalue weighted by Gasteiger charge is 2.26. The zero-order valence-electron chi connectivity index (χ0n) is 10.0. The Hall–Kier alpha value is -1.14. The van der Waals surface area contributed by atoms with Gasteiger partial charge in [0.25, 0.3) is 0 Å². The molecule has 0 fully saturated rings. The highest BCUT2D eigenvalue weighted by Crippen LogP contribution is 2.12. The average molecular weight is 234 g/mol. The van der Waals surface area contributed by atoms with Crippen molar-refractivity contribution in [1.82, 2.24) is 0 Å². The molecule has 94 valence electrons. The zero-order chi connectivity index (χ0) is 12.6. The van der Waals surface area contributed by atoms with Gasteiger partial charge in [-0.25, -0.2) is 0 Å². The molecule has 0 aromatic rings. The van der Waals surface area contributed by atoms with Gasteiger partial charge >= 0.3 is 11.9 Å². The van der Waals surface area contributed by atoms with Crippen molar-refractivity contribution >= 4 is 11.9 Å². The van der Waals surface area contributed by atoms with E-state index in [4.69, 9.17) is 9.47 Å². The molecule has 0 aliphatic carbocycles. The molecule has 0 N–H and O–H groups in total. The predicted octanol–water partition coefficient (Wildman–Crippen LogP) is 0.143. The fourth-order valence-corrected chi connectivity index (χ4v) is 1.23. The summed E-state index contributed by atoms with van der Waals surface area (Å²) in [6.45, 7) is 0. The molecule has 0 saturated heterocycles. The molecule has 0 amide bonds. The molecule has 6 heteroatoms. The minimum absolute atomic E-state index is 0.0303. The predicted molar refractivity (Wildman–Crippen MR) is 54.9 cm³/mol. The first-order chi connectivity index (χ1) is 7.58. The Morgan fingerprint density at radius 2 is 1.12 bits per heavy atom. The zero-order valence-corrected chi connectivity index (χ0v) is 10.0. The number of esters is 2. The Kier molecular flexibility index (Phi) is 7.49. The number of methoxy groups -OCH3 is 4. The van der Waals surface area contributed by atoms with Gasteiger partial charge in [-0.15, -0.1) is 0 Å². The van der Waals surface area contributed by atoms with Crippen LogP contribution in [0, 0.1) is 0 Å². The van der Waals surface area contributed by atoms with Crippen molar-refractivity contribution in [2.24, 2.45) is 0 Å². The molecule has 0 aliphatic rings. The first-order valence-corrected chi connectivity index (χ1v) is 4.78. The molecule has 0 aromatic carbocycles. The Balaban J connectivity index is 4.37. The maximum atomic E-state index is 11.1. The Labute approximate surface area is 94.8 Å². The van der Waals surface area contributed by atoms with Gasteiger partial charge in [0, 0.05) is 14.2 Å². The number of rotatable bonds is 7. The van der Waals surface area contributed by atoms with E-state index in [1.54, 1.807) is 0 Å². The van der Waals surface area contributed by atoms with Crippen molar-refractivity contribution in [3.05, 3.63) is 0 Å². The molecule has 0 heterocycles. The largest absolute Gasteiger partial charge is 0.469 e. The van der Waals surface area contributed by atoms with E-state index in [0.717, 1.165) is 0 Å². The van der Waals surface area contributed by atoms with Crippen LogP contribution < -0.4 is 0 Å². The van der Waals surface area contributed by atoms with Crippen LogP contribution in [-0.4, -0.2) is 52.6 Å². The molecule has 0 aliphatic heterocycles. The van der Waals surface area contributed by atoms with Crippen LogP contribution in [0.2, 0.25) is 0 Å². The number of hydrogen-bond donors (Lipinski definition) is 0. The molecule has 0 rings (SSSR count). The van der Waals surface area contributed by atoms with Gasteiger partial charge in [-0.05, 0) is 0 Å². The van der Waals surface area contributed by atoms with Gasteiger partial charge in [0.15, 0.2) is 0 Å². The normalized spacial score (nSPS) is 14.0. The minimum Gasteiger partial charge on any atom is -0.469 e. The molecule has 0 saturated carbocycles. The summed E-state index contributed by atoms with van der Waals surface area (Å²) in [6.07, 6.45) is -1.00. The third-order valence-corrected chi connectivity index (χ3v) is 2.21. The summed E-state index contributed by atoms with van der Waals surface area (Å²) in [4.78, 5) is 22.2. The molecule has 0 unspecified atom stereocenters. The number of hydrogen-bond acceptors (Lipinski definition) is 6. The van der Waals surface area contributed by atoms with Crippen LogP contribution in [0.1, 0.15) is 12.8 Å². The van der Waals surface area contributed by atoms with Crippen molar-refractivity contribution in [3.8, 4) is 0 Å². The highest BCUT2D eigenvalue weighted by molar-refractivity contribution is 5.71. The number of carbonyl (C=O) groups excluding carboxylic acids is 2. The summed E-state index contributed by atoms with van der Waals surface area (Å²) in [5.41, 5.74) is 0. The van der Waals surface area contributed by atoms with Crippen molar-refractivity contribution in [1.29, 1.82) is 0 Å². The van der Waals surface area contributed by atoms with Crippen LogP contribution in [0.4, 0.5) is 0 Å². The standard InChI is InChI=1S/C10H18O6/c1-13-7(5-9(11)15-3)8(14-2)6-10(12)16-4/h7-8H,5-6H2,1-4H3/t7-,8-/m0/s1. The summed E-state index contributed by atoms with van der Waals surface area (Å²) < 4.78 is 19.2. The van der Waals surface area contributed by atoms with E-state index < -0.39 is 24.1 Å². The fraction of sp³-hybridized carbons (Fsp3) is 0.800. The average Bonchev–Trinajstić information content (AvgIpc) is 2.32. The summed E-state index contributed by atoms with van der Waals surface area (Å²) >= 11 is 0. The number of ether oxygens (including phenoxy) is 4. The van der Waals surface area contributed by atoms with Gasteiger partial charge in [-0.2, -0.15) is 0 Å². The van der Waals surface area contributed by atoms with Crippen LogP contribution in [-0.2, 0) is 28.5 Å². The second-order valence-corrected chi connectivity index (χ2v) is 3.11. The van der Waals surface area contributed by atoms with Crippen molar-refractivity contribution in [2.75, 3.05) is 28.4 Å². The second-order valence-electron chi connectivity index (χ2n) is 3.11. The fourth-order valence-electron chi connectivity index (χ4n) is 1.23. The Morgan fingerprint density at radius 3 is 1.31 bits per heavy atom. The summed E-state index contributed by atoms with van der Waals surface area (Å²) in [5.74, 6) is -0.836. The van der Waals surface area contributed by atoms with E-state index in [1.165, 1.54) is 28.4 Å². The lowest BCUT2D eigenvalue weighted by Crippen LogP contribution is -2.34. The third-order valence-electron chi connectivity index (χ3n) is 2.21.